The van der Waals surface area contributed by atoms with E-state index in [4.69, 9.17) is 5.73 Å². The first kappa shape index (κ1) is 14.5. The van der Waals surface area contributed by atoms with Crippen LogP contribution in [0.5, 0.6) is 5.75 Å². The average molecular weight is 250 g/mol. The van der Waals surface area contributed by atoms with Crippen molar-refractivity contribution in [2.75, 3.05) is 0 Å². The quantitative estimate of drug-likeness (QED) is 0.687. The van der Waals surface area contributed by atoms with Crippen LogP contribution in [0.3, 0.4) is 0 Å². The molecule has 1 aromatic carbocycles. The summed E-state index contributed by atoms with van der Waals surface area (Å²) in [5, 5.41) is 12.5. The van der Waals surface area contributed by atoms with E-state index in [-0.39, 0.29) is 11.9 Å². The van der Waals surface area contributed by atoms with Crippen molar-refractivity contribution in [3.05, 3.63) is 29.8 Å². The highest BCUT2D eigenvalue weighted by atomic mass is 16.3. The molecule has 0 fully saturated rings. The van der Waals surface area contributed by atoms with E-state index in [2.05, 4.69) is 12.2 Å². The molecule has 0 spiro atoms. The van der Waals surface area contributed by atoms with E-state index in [0.717, 1.165) is 12.8 Å². The minimum absolute atomic E-state index is 0.109. The Labute approximate surface area is 108 Å². The lowest BCUT2D eigenvalue weighted by Crippen LogP contribution is -2.37. The third kappa shape index (κ3) is 5.68. The van der Waals surface area contributed by atoms with Gasteiger partial charge in [-0.3, -0.25) is 4.79 Å². The molecule has 1 rings (SSSR count). The van der Waals surface area contributed by atoms with Crippen molar-refractivity contribution in [1.29, 1.82) is 0 Å². The number of carbonyl (C=O) groups is 1. The van der Waals surface area contributed by atoms with Crippen LogP contribution in [0, 0.1) is 0 Å². The number of nitrogens with one attached hydrogen (secondary N) is 1. The average Bonchev–Trinajstić information content (AvgIpc) is 2.27. The van der Waals surface area contributed by atoms with Gasteiger partial charge in [-0.05, 0) is 44.4 Å². The van der Waals surface area contributed by atoms with Crippen LogP contribution in [0.15, 0.2) is 24.3 Å². The highest BCUT2D eigenvalue weighted by Gasteiger charge is 2.09. The Bertz CT molecular complexity index is 376. The van der Waals surface area contributed by atoms with Gasteiger partial charge in [-0.1, -0.05) is 12.1 Å². The van der Waals surface area contributed by atoms with Crippen molar-refractivity contribution in [1.82, 2.24) is 5.32 Å². The molecule has 1 aromatic rings. The molecule has 1 amide bonds. The zero-order valence-corrected chi connectivity index (χ0v) is 11.0. The summed E-state index contributed by atoms with van der Waals surface area (Å²) in [4.78, 5) is 10.8. The number of hydrogen-bond acceptors (Lipinski definition) is 3. The maximum atomic E-state index is 10.8. The van der Waals surface area contributed by atoms with Crippen LogP contribution >= 0.6 is 0 Å². The molecule has 4 N–H and O–H groups in total. The molecule has 0 saturated heterocycles. The molecular weight excluding hydrogens is 228 g/mol. The van der Waals surface area contributed by atoms with Crippen molar-refractivity contribution in [3.63, 3.8) is 0 Å². The fourth-order valence-corrected chi connectivity index (χ4v) is 1.98. The molecule has 2 unspecified atom stereocenters. The molecule has 2 atom stereocenters. The van der Waals surface area contributed by atoms with E-state index in [0.29, 0.717) is 18.2 Å². The predicted molar refractivity (Wildman–Crippen MR) is 72.3 cm³/mol. The fourth-order valence-electron chi connectivity index (χ4n) is 1.98. The largest absolute Gasteiger partial charge is 0.508 e. The fraction of sp³-hybridized carbons (Fsp3) is 0.500. The van der Waals surface area contributed by atoms with Crippen LogP contribution in [0.1, 0.15) is 32.3 Å². The third-order valence-corrected chi connectivity index (χ3v) is 2.88. The number of nitrogens with two attached hydrogens (primary N) is 1. The number of benzene rings is 1. The smallest absolute Gasteiger partial charge is 0.218 e. The molecule has 0 aliphatic rings. The van der Waals surface area contributed by atoms with Crippen LogP contribution < -0.4 is 11.1 Å². The monoisotopic (exact) mass is 250 g/mol. The zero-order chi connectivity index (χ0) is 13.5. The molecule has 0 heterocycles. The number of amides is 1. The first-order valence-corrected chi connectivity index (χ1v) is 6.29. The van der Waals surface area contributed by atoms with Crippen molar-refractivity contribution >= 4 is 5.91 Å². The Kier molecular flexibility index (Phi) is 5.65. The highest BCUT2D eigenvalue weighted by molar-refractivity contribution is 5.74. The van der Waals surface area contributed by atoms with Crippen LogP contribution in [0.25, 0.3) is 0 Å². The summed E-state index contributed by atoms with van der Waals surface area (Å²) < 4.78 is 0. The maximum Gasteiger partial charge on any atom is 0.218 e. The minimum Gasteiger partial charge on any atom is -0.508 e. The Morgan fingerprint density at radius 2 is 1.89 bits per heavy atom. The first-order chi connectivity index (χ1) is 8.47. The normalized spacial score (nSPS) is 14.1. The number of aryl methyl sites for hydroxylation is 1. The number of carbonyl (C=O) groups excluding carboxylic acids is 1. The minimum atomic E-state index is -0.277. The van der Waals surface area contributed by atoms with Gasteiger partial charge in [0, 0.05) is 18.5 Å². The van der Waals surface area contributed by atoms with E-state index >= 15 is 0 Å². The van der Waals surface area contributed by atoms with Crippen molar-refractivity contribution in [2.45, 2.75) is 45.2 Å². The standard InChI is InChI=1S/C14H22N2O2/c1-10(16-11(2)9-14(15)18)3-4-12-5-7-13(17)8-6-12/h5-8,10-11,16-17H,3-4,9H2,1-2H3,(H2,15,18). The molecule has 0 bridgehead atoms. The number of rotatable bonds is 7. The molecule has 18 heavy (non-hydrogen) atoms. The van der Waals surface area contributed by atoms with Crippen LogP contribution in [0.2, 0.25) is 0 Å². The lowest BCUT2D eigenvalue weighted by Gasteiger charge is -2.19. The molecule has 4 nitrogen and oxygen atoms in total. The lowest BCUT2D eigenvalue weighted by molar-refractivity contribution is -0.118. The second-order valence-corrected chi connectivity index (χ2v) is 4.84. The van der Waals surface area contributed by atoms with E-state index < -0.39 is 0 Å². The summed E-state index contributed by atoms with van der Waals surface area (Å²) in [5.74, 6) is 0.0146. The number of aromatic hydroxyl groups is 1. The second kappa shape index (κ2) is 7.01. The Hall–Kier alpha value is -1.55. The highest BCUT2D eigenvalue weighted by Crippen LogP contribution is 2.12. The van der Waals surface area contributed by atoms with E-state index in [1.807, 2.05) is 19.1 Å². The number of primary amides is 1. The molecule has 0 aromatic heterocycles. The second-order valence-electron chi connectivity index (χ2n) is 4.84. The number of phenols is 1. The van der Waals surface area contributed by atoms with Crippen LogP contribution in [-0.4, -0.2) is 23.1 Å². The van der Waals surface area contributed by atoms with Gasteiger partial charge in [0.25, 0.3) is 0 Å². The van der Waals surface area contributed by atoms with Gasteiger partial charge in [0.1, 0.15) is 5.75 Å². The van der Waals surface area contributed by atoms with E-state index in [1.165, 1.54) is 5.56 Å². The maximum absolute atomic E-state index is 10.8. The SMILES string of the molecule is CC(CCc1ccc(O)cc1)NC(C)CC(N)=O. The molecular formula is C14H22N2O2. The van der Waals surface area contributed by atoms with Gasteiger partial charge in [-0.25, -0.2) is 0 Å². The zero-order valence-electron chi connectivity index (χ0n) is 11.0. The topological polar surface area (TPSA) is 75.3 Å². The van der Waals surface area contributed by atoms with Crippen LogP contribution in [0.4, 0.5) is 0 Å². The first-order valence-electron chi connectivity index (χ1n) is 6.29. The molecule has 4 heteroatoms. The number of hydrogen-bond donors (Lipinski definition) is 3. The lowest BCUT2D eigenvalue weighted by atomic mass is 10.1. The van der Waals surface area contributed by atoms with E-state index in [1.54, 1.807) is 12.1 Å². The van der Waals surface area contributed by atoms with Gasteiger partial charge in [0.15, 0.2) is 0 Å². The summed E-state index contributed by atoms with van der Waals surface area (Å²) >= 11 is 0. The predicted octanol–water partition coefficient (Wildman–Crippen LogP) is 1.57. The van der Waals surface area contributed by atoms with Crippen molar-refractivity contribution < 1.29 is 9.90 Å². The Morgan fingerprint density at radius 1 is 1.28 bits per heavy atom. The molecule has 100 valence electrons. The summed E-state index contributed by atoms with van der Waals surface area (Å²) in [6, 6.07) is 7.68. The van der Waals surface area contributed by atoms with Gasteiger partial charge >= 0.3 is 0 Å². The Morgan fingerprint density at radius 3 is 2.44 bits per heavy atom. The third-order valence-electron chi connectivity index (χ3n) is 2.88. The molecule has 0 saturated carbocycles. The van der Waals surface area contributed by atoms with Crippen molar-refractivity contribution in [3.8, 4) is 5.75 Å². The molecule has 0 radical (unpaired) electrons. The molecule has 0 aliphatic carbocycles. The summed E-state index contributed by atoms with van der Waals surface area (Å²) in [6.45, 7) is 4.06. The summed E-state index contributed by atoms with van der Waals surface area (Å²) in [7, 11) is 0. The summed E-state index contributed by atoms with van der Waals surface area (Å²) in [6.07, 6.45) is 2.29. The molecule has 0 aliphatic heterocycles. The summed E-state index contributed by atoms with van der Waals surface area (Å²) in [5.41, 5.74) is 6.34. The van der Waals surface area contributed by atoms with Gasteiger partial charge in [0.2, 0.25) is 5.91 Å². The Balaban J connectivity index is 2.30. The number of phenolic OH excluding ortho intramolecular Hbond substituents is 1. The van der Waals surface area contributed by atoms with E-state index in [9.17, 15) is 9.90 Å². The van der Waals surface area contributed by atoms with Crippen molar-refractivity contribution in [2.24, 2.45) is 5.73 Å². The van der Waals surface area contributed by atoms with Gasteiger partial charge < -0.3 is 16.2 Å². The van der Waals surface area contributed by atoms with Gasteiger partial charge in [-0.2, -0.15) is 0 Å². The van der Waals surface area contributed by atoms with Gasteiger partial charge in [0.05, 0.1) is 0 Å². The van der Waals surface area contributed by atoms with Crippen LogP contribution in [-0.2, 0) is 11.2 Å². The van der Waals surface area contributed by atoms with Gasteiger partial charge in [-0.15, -0.1) is 0 Å².